The molecule has 0 aliphatic heterocycles. The predicted molar refractivity (Wildman–Crippen MR) is 66.8 cm³/mol. The Balaban J connectivity index is 2.61. The third-order valence-electron chi connectivity index (χ3n) is 2.95. The molecule has 0 amide bonds. The van der Waals surface area contributed by atoms with Gasteiger partial charge in [-0.05, 0) is 36.8 Å². The smallest absolute Gasteiger partial charge is 0.294 e. The Bertz CT molecular complexity index is 704. The van der Waals surface area contributed by atoms with Gasteiger partial charge in [0, 0.05) is 11.1 Å². The molecule has 0 unspecified atom stereocenters. The molecule has 0 radical (unpaired) electrons. The van der Waals surface area contributed by atoms with Crippen LogP contribution >= 0.6 is 0 Å². The quantitative estimate of drug-likeness (QED) is 0.572. The van der Waals surface area contributed by atoms with Gasteiger partial charge in [0.2, 0.25) is 0 Å². The molecule has 0 N–H and O–H groups in total. The van der Waals surface area contributed by atoms with Gasteiger partial charge in [-0.2, -0.15) is 13.2 Å². The predicted octanol–water partition coefficient (Wildman–Crippen LogP) is 4.85. The van der Waals surface area contributed by atoms with Crippen LogP contribution < -0.4 is 0 Å². The van der Waals surface area contributed by atoms with Gasteiger partial charge in [-0.1, -0.05) is 12.1 Å². The van der Waals surface area contributed by atoms with Gasteiger partial charge in [-0.25, -0.2) is 8.78 Å². The molecule has 6 heteroatoms. The van der Waals surface area contributed by atoms with Crippen LogP contribution in [0.4, 0.5) is 22.0 Å². The molecular weight excluding hydrogens is 291 g/mol. The molecule has 0 fully saturated rings. The maximum Gasteiger partial charge on any atom is 0.416 e. The highest BCUT2D eigenvalue weighted by Crippen LogP contribution is 2.34. The highest BCUT2D eigenvalue weighted by Gasteiger charge is 2.31. The number of alkyl halides is 3. The van der Waals surface area contributed by atoms with Crippen molar-refractivity contribution < 1.29 is 26.7 Å². The van der Waals surface area contributed by atoms with Gasteiger partial charge in [0.05, 0.1) is 5.56 Å². The molecule has 110 valence electrons. The van der Waals surface area contributed by atoms with Crippen molar-refractivity contribution in [3.63, 3.8) is 0 Å². The lowest BCUT2D eigenvalue weighted by molar-refractivity contribution is -0.137. The lowest BCUT2D eigenvalue weighted by Crippen LogP contribution is -2.06. The minimum atomic E-state index is -4.66. The van der Waals surface area contributed by atoms with Gasteiger partial charge in [0.15, 0.2) is 5.78 Å². The summed E-state index contributed by atoms with van der Waals surface area (Å²) in [6.45, 7) is 1.17. The van der Waals surface area contributed by atoms with E-state index >= 15 is 0 Å². The zero-order chi connectivity index (χ0) is 15.8. The standard InChI is InChI=1S/C15H9F5O/c1-8(21)13-7-10(16)3-5-11(13)12-4-2-9(6-14(12)17)15(18,19)20/h2-7H,1H3. The van der Waals surface area contributed by atoms with E-state index in [2.05, 4.69) is 0 Å². The van der Waals surface area contributed by atoms with E-state index in [1.807, 2.05) is 0 Å². The van der Waals surface area contributed by atoms with Gasteiger partial charge in [-0.15, -0.1) is 0 Å². The van der Waals surface area contributed by atoms with Crippen molar-refractivity contribution in [3.8, 4) is 11.1 Å². The molecule has 0 aromatic heterocycles. The maximum absolute atomic E-state index is 13.9. The molecule has 0 aliphatic rings. The Hall–Kier alpha value is -2.24. The number of rotatable bonds is 2. The highest BCUT2D eigenvalue weighted by atomic mass is 19.4. The second kappa shape index (κ2) is 5.27. The Morgan fingerprint density at radius 3 is 2.10 bits per heavy atom. The van der Waals surface area contributed by atoms with Crippen LogP contribution in [0.5, 0.6) is 0 Å². The van der Waals surface area contributed by atoms with Crippen molar-refractivity contribution >= 4 is 5.78 Å². The third-order valence-corrected chi connectivity index (χ3v) is 2.95. The van der Waals surface area contributed by atoms with Crippen LogP contribution in [0.2, 0.25) is 0 Å². The van der Waals surface area contributed by atoms with E-state index in [4.69, 9.17) is 0 Å². The number of hydrogen-bond acceptors (Lipinski definition) is 1. The molecule has 0 heterocycles. The molecule has 21 heavy (non-hydrogen) atoms. The van der Waals surface area contributed by atoms with Gasteiger partial charge >= 0.3 is 6.18 Å². The Kier molecular flexibility index (Phi) is 3.80. The van der Waals surface area contributed by atoms with Gasteiger partial charge in [0.25, 0.3) is 0 Å². The van der Waals surface area contributed by atoms with E-state index in [1.54, 1.807) is 0 Å². The minimum absolute atomic E-state index is 0.0510. The fourth-order valence-electron chi connectivity index (χ4n) is 1.95. The van der Waals surface area contributed by atoms with Crippen LogP contribution in [0.15, 0.2) is 36.4 Å². The molecule has 1 nitrogen and oxygen atoms in total. The van der Waals surface area contributed by atoms with Gasteiger partial charge in [-0.3, -0.25) is 4.79 Å². The summed E-state index contributed by atoms with van der Waals surface area (Å²) in [5, 5.41) is 0. The Morgan fingerprint density at radius 2 is 1.57 bits per heavy atom. The molecule has 0 saturated heterocycles. The monoisotopic (exact) mass is 300 g/mol. The molecular formula is C15H9F5O. The first-order chi connectivity index (χ1) is 9.70. The van der Waals surface area contributed by atoms with E-state index in [1.165, 1.54) is 6.92 Å². The zero-order valence-corrected chi connectivity index (χ0v) is 10.8. The number of benzene rings is 2. The number of halogens is 5. The summed E-state index contributed by atoms with van der Waals surface area (Å²) < 4.78 is 64.5. The first-order valence-corrected chi connectivity index (χ1v) is 5.88. The summed E-state index contributed by atoms with van der Waals surface area (Å²) >= 11 is 0. The first kappa shape index (κ1) is 15.2. The first-order valence-electron chi connectivity index (χ1n) is 5.88. The molecule has 0 atom stereocenters. The summed E-state index contributed by atoms with van der Waals surface area (Å²) in [6, 6.07) is 5.09. The second-order valence-electron chi connectivity index (χ2n) is 4.44. The third kappa shape index (κ3) is 3.09. The van der Waals surface area contributed by atoms with Crippen molar-refractivity contribution in [1.29, 1.82) is 0 Å². The summed E-state index contributed by atoms with van der Waals surface area (Å²) in [7, 11) is 0. The van der Waals surface area contributed by atoms with Crippen molar-refractivity contribution in [2.75, 3.05) is 0 Å². The average molecular weight is 300 g/mol. The van der Waals surface area contributed by atoms with Gasteiger partial charge < -0.3 is 0 Å². The van der Waals surface area contributed by atoms with Crippen molar-refractivity contribution in [2.45, 2.75) is 13.1 Å². The number of carbonyl (C=O) groups is 1. The summed E-state index contributed by atoms with van der Waals surface area (Å²) in [4.78, 5) is 11.5. The largest absolute Gasteiger partial charge is 0.416 e. The van der Waals surface area contributed by atoms with Crippen LogP contribution in [0, 0.1) is 11.6 Å². The molecule has 0 spiro atoms. The Morgan fingerprint density at radius 1 is 0.952 bits per heavy atom. The maximum atomic E-state index is 13.9. The average Bonchev–Trinajstić information content (AvgIpc) is 2.38. The summed E-state index contributed by atoms with van der Waals surface area (Å²) in [5.74, 6) is -2.32. The van der Waals surface area contributed by atoms with Crippen LogP contribution in [0.3, 0.4) is 0 Å². The number of Topliss-reactive ketones (excluding diaryl/α,β-unsaturated/α-hetero) is 1. The second-order valence-corrected chi connectivity index (χ2v) is 4.44. The fraction of sp³-hybridized carbons (Fsp3) is 0.133. The molecule has 2 rings (SSSR count). The SMILES string of the molecule is CC(=O)c1cc(F)ccc1-c1ccc(C(F)(F)F)cc1F. The molecule has 0 bridgehead atoms. The normalized spacial score (nSPS) is 11.5. The van der Waals surface area contributed by atoms with Crippen molar-refractivity contribution in [1.82, 2.24) is 0 Å². The van der Waals surface area contributed by atoms with Crippen LogP contribution in [-0.4, -0.2) is 5.78 Å². The van der Waals surface area contributed by atoms with Crippen molar-refractivity contribution in [3.05, 3.63) is 59.2 Å². The van der Waals surface area contributed by atoms with E-state index in [0.29, 0.717) is 12.1 Å². The van der Waals surface area contributed by atoms with E-state index < -0.39 is 29.2 Å². The van der Waals surface area contributed by atoms with E-state index in [-0.39, 0.29) is 16.7 Å². The summed E-state index contributed by atoms with van der Waals surface area (Å²) in [6.07, 6.45) is -4.66. The lowest BCUT2D eigenvalue weighted by Gasteiger charge is -2.11. The topological polar surface area (TPSA) is 17.1 Å². The molecule has 2 aromatic rings. The Labute approximate surface area is 117 Å². The summed E-state index contributed by atoms with van der Waals surface area (Å²) in [5.41, 5.74) is -1.35. The highest BCUT2D eigenvalue weighted by molar-refractivity contribution is 6.00. The molecule has 0 aliphatic carbocycles. The number of hydrogen-bond donors (Lipinski definition) is 0. The van der Waals surface area contributed by atoms with E-state index in [0.717, 1.165) is 24.3 Å². The van der Waals surface area contributed by atoms with Crippen molar-refractivity contribution in [2.24, 2.45) is 0 Å². The van der Waals surface area contributed by atoms with Crippen LogP contribution in [-0.2, 0) is 6.18 Å². The molecule has 0 saturated carbocycles. The molecule has 2 aromatic carbocycles. The number of ketones is 1. The number of carbonyl (C=O) groups excluding carboxylic acids is 1. The van der Waals surface area contributed by atoms with Crippen LogP contribution in [0.1, 0.15) is 22.8 Å². The van der Waals surface area contributed by atoms with Gasteiger partial charge in [0.1, 0.15) is 11.6 Å². The fourth-order valence-corrected chi connectivity index (χ4v) is 1.95. The zero-order valence-electron chi connectivity index (χ0n) is 10.8. The van der Waals surface area contributed by atoms with E-state index in [9.17, 15) is 26.7 Å². The lowest BCUT2D eigenvalue weighted by atomic mass is 9.96. The van der Waals surface area contributed by atoms with Crippen LogP contribution in [0.25, 0.3) is 11.1 Å². The minimum Gasteiger partial charge on any atom is -0.294 e.